The van der Waals surface area contributed by atoms with E-state index in [4.69, 9.17) is 9.47 Å². The zero-order chi connectivity index (χ0) is 22.2. The van der Waals surface area contributed by atoms with Crippen LogP contribution in [0.1, 0.15) is 29.5 Å². The first-order valence-electron chi connectivity index (χ1n) is 10.5. The lowest BCUT2D eigenvalue weighted by molar-refractivity contribution is -0.135. The van der Waals surface area contributed by atoms with Gasteiger partial charge in [-0.05, 0) is 67.6 Å². The molecule has 2 aliphatic rings. The van der Waals surface area contributed by atoms with Gasteiger partial charge < -0.3 is 14.4 Å². The summed E-state index contributed by atoms with van der Waals surface area (Å²) in [5, 5.41) is 0. The maximum absolute atomic E-state index is 13.0. The van der Waals surface area contributed by atoms with Crippen molar-refractivity contribution in [3.05, 3.63) is 53.1 Å². The van der Waals surface area contributed by atoms with Crippen molar-refractivity contribution in [2.45, 2.75) is 38.1 Å². The third kappa shape index (κ3) is 4.41. The molecule has 31 heavy (non-hydrogen) atoms. The second kappa shape index (κ2) is 8.51. The Hall–Kier alpha value is -2.58. The van der Waals surface area contributed by atoms with Crippen LogP contribution in [0.4, 0.5) is 0 Å². The fourth-order valence-corrected chi connectivity index (χ4v) is 5.62. The summed E-state index contributed by atoms with van der Waals surface area (Å²) in [4.78, 5) is 15.0. The monoisotopic (exact) mass is 444 g/mol. The lowest BCUT2D eigenvalue weighted by Crippen LogP contribution is -2.43. The molecule has 0 saturated carbocycles. The summed E-state index contributed by atoms with van der Waals surface area (Å²) in [6.07, 6.45) is 1.04. The van der Waals surface area contributed by atoms with E-state index < -0.39 is 10.0 Å². The van der Waals surface area contributed by atoms with Gasteiger partial charge in [-0.1, -0.05) is 12.1 Å². The molecule has 4 rings (SSSR count). The standard InChI is InChI=1S/C23H28N2O5S/c1-16-4-6-20(12-17(16)2)31(27,28)25-10-8-19(9-11-25)23(26)24(3)14-18-5-7-21-22(13-18)30-15-29-21/h4-7,12-13,19H,8-11,14-15H2,1-3H3. The minimum absolute atomic E-state index is 0.0425. The first-order chi connectivity index (χ1) is 14.8. The molecule has 1 fully saturated rings. The quantitative estimate of drug-likeness (QED) is 0.708. The van der Waals surface area contributed by atoms with Crippen molar-refractivity contribution in [2.75, 3.05) is 26.9 Å². The van der Waals surface area contributed by atoms with Gasteiger partial charge in [-0.2, -0.15) is 4.31 Å². The normalized spacial score (nSPS) is 17.0. The molecule has 0 radical (unpaired) electrons. The van der Waals surface area contributed by atoms with E-state index in [-0.39, 0.29) is 18.6 Å². The Morgan fingerprint density at radius 3 is 2.45 bits per heavy atom. The van der Waals surface area contributed by atoms with Crippen LogP contribution in [0.2, 0.25) is 0 Å². The fraction of sp³-hybridized carbons (Fsp3) is 0.435. The van der Waals surface area contributed by atoms with Crippen molar-refractivity contribution in [1.82, 2.24) is 9.21 Å². The summed E-state index contributed by atoms with van der Waals surface area (Å²) in [5.41, 5.74) is 2.99. The van der Waals surface area contributed by atoms with Crippen LogP contribution < -0.4 is 9.47 Å². The second-order valence-corrected chi connectivity index (χ2v) is 10.2. The Labute approximate surface area is 183 Å². The molecular weight excluding hydrogens is 416 g/mol. The summed E-state index contributed by atoms with van der Waals surface area (Å²) in [6.45, 7) is 5.26. The summed E-state index contributed by atoms with van der Waals surface area (Å²) >= 11 is 0. The summed E-state index contributed by atoms with van der Waals surface area (Å²) in [7, 11) is -1.76. The highest BCUT2D eigenvalue weighted by Gasteiger charge is 2.33. The van der Waals surface area contributed by atoms with Gasteiger partial charge in [0.05, 0.1) is 4.90 Å². The van der Waals surface area contributed by atoms with Crippen LogP contribution in [-0.4, -0.2) is 50.5 Å². The van der Waals surface area contributed by atoms with Gasteiger partial charge in [-0.3, -0.25) is 4.79 Å². The number of piperidine rings is 1. The number of amides is 1. The van der Waals surface area contributed by atoms with Crippen molar-refractivity contribution in [3.8, 4) is 11.5 Å². The molecule has 8 heteroatoms. The number of carbonyl (C=O) groups excluding carboxylic acids is 1. The van der Waals surface area contributed by atoms with Gasteiger partial charge in [0, 0.05) is 32.6 Å². The molecule has 2 aliphatic heterocycles. The molecule has 0 aliphatic carbocycles. The van der Waals surface area contributed by atoms with Crippen LogP contribution >= 0.6 is 0 Å². The van der Waals surface area contributed by atoms with E-state index >= 15 is 0 Å². The van der Waals surface area contributed by atoms with Gasteiger partial charge in [-0.15, -0.1) is 0 Å². The van der Waals surface area contributed by atoms with Crippen LogP contribution in [0.5, 0.6) is 11.5 Å². The molecule has 0 atom stereocenters. The lowest BCUT2D eigenvalue weighted by atomic mass is 9.96. The van der Waals surface area contributed by atoms with E-state index in [0.29, 0.717) is 43.1 Å². The molecule has 2 aromatic rings. The SMILES string of the molecule is Cc1ccc(S(=O)(=O)N2CCC(C(=O)N(C)Cc3ccc4c(c3)OCO4)CC2)cc1C. The highest BCUT2D eigenvalue weighted by molar-refractivity contribution is 7.89. The number of fused-ring (bicyclic) bond motifs is 1. The molecule has 0 bridgehead atoms. The van der Waals surface area contributed by atoms with Crippen molar-refractivity contribution in [3.63, 3.8) is 0 Å². The van der Waals surface area contributed by atoms with Crippen LogP contribution in [0, 0.1) is 19.8 Å². The van der Waals surface area contributed by atoms with E-state index in [2.05, 4.69) is 0 Å². The predicted octanol–water partition coefficient (Wildman–Crippen LogP) is 3.09. The maximum atomic E-state index is 13.0. The molecule has 166 valence electrons. The van der Waals surface area contributed by atoms with Gasteiger partial charge in [0.2, 0.25) is 22.7 Å². The van der Waals surface area contributed by atoms with Crippen molar-refractivity contribution >= 4 is 15.9 Å². The molecule has 2 aromatic carbocycles. The largest absolute Gasteiger partial charge is 0.454 e. The average Bonchev–Trinajstić information content (AvgIpc) is 3.23. The fourth-order valence-electron chi connectivity index (χ4n) is 4.07. The highest BCUT2D eigenvalue weighted by Crippen LogP contribution is 2.33. The molecule has 1 amide bonds. The van der Waals surface area contributed by atoms with Gasteiger partial charge >= 0.3 is 0 Å². The molecule has 0 spiro atoms. The van der Waals surface area contributed by atoms with Crippen molar-refractivity contribution < 1.29 is 22.7 Å². The molecule has 1 saturated heterocycles. The first-order valence-corrected chi connectivity index (χ1v) is 11.9. The molecule has 2 heterocycles. The molecule has 0 aromatic heterocycles. The molecule has 0 unspecified atom stereocenters. The Kier molecular flexibility index (Phi) is 5.94. The summed E-state index contributed by atoms with van der Waals surface area (Å²) in [5.74, 6) is 1.28. The lowest BCUT2D eigenvalue weighted by Gasteiger charge is -2.32. The van der Waals surface area contributed by atoms with E-state index in [1.165, 1.54) is 4.31 Å². The number of hydrogen-bond donors (Lipinski definition) is 0. The Balaban J connectivity index is 1.36. The number of ether oxygens (including phenoxy) is 2. The number of benzene rings is 2. The number of sulfonamides is 1. The van der Waals surface area contributed by atoms with Gasteiger partial charge in [0.15, 0.2) is 11.5 Å². The van der Waals surface area contributed by atoms with Gasteiger partial charge in [0.25, 0.3) is 0 Å². The van der Waals surface area contributed by atoms with Crippen molar-refractivity contribution in [1.29, 1.82) is 0 Å². The number of rotatable bonds is 5. The number of aryl methyl sites for hydroxylation is 2. The molecule has 0 N–H and O–H groups in total. The Morgan fingerprint density at radius 1 is 1.03 bits per heavy atom. The Morgan fingerprint density at radius 2 is 1.74 bits per heavy atom. The maximum Gasteiger partial charge on any atom is 0.243 e. The van der Waals surface area contributed by atoms with E-state index in [9.17, 15) is 13.2 Å². The highest BCUT2D eigenvalue weighted by atomic mass is 32.2. The van der Waals surface area contributed by atoms with Crippen LogP contribution in [0.3, 0.4) is 0 Å². The van der Waals surface area contributed by atoms with E-state index in [1.807, 2.05) is 38.1 Å². The minimum Gasteiger partial charge on any atom is -0.454 e. The van der Waals surface area contributed by atoms with Crippen LogP contribution in [0.15, 0.2) is 41.3 Å². The third-order valence-electron chi connectivity index (χ3n) is 6.15. The van der Waals surface area contributed by atoms with E-state index in [0.717, 1.165) is 22.4 Å². The number of hydrogen-bond acceptors (Lipinski definition) is 5. The van der Waals surface area contributed by atoms with E-state index in [1.54, 1.807) is 24.1 Å². The smallest absolute Gasteiger partial charge is 0.243 e. The average molecular weight is 445 g/mol. The number of carbonyl (C=O) groups is 1. The molecule has 7 nitrogen and oxygen atoms in total. The van der Waals surface area contributed by atoms with Crippen LogP contribution in [0.25, 0.3) is 0 Å². The topological polar surface area (TPSA) is 76.2 Å². The molecular formula is C23H28N2O5S. The van der Waals surface area contributed by atoms with Crippen LogP contribution in [-0.2, 0) is 21.4 Å². The first kappa shape index (κ1) is 21.6. The summed E-state index contributed by atoms with van der Waals surface area (Å²) < 4.78 is 38.2. The summed E-state index contributed by atoms with van der Waals surface area (Å²) in [6, 6.07) is 10.9. The third-order valence-corrected chi connectivity index (χ3v) is 8.05. The van der Waals surface area contributed by atoms with Gasteiger partial charge in [-0.25, -0.2) is 8.42 Å². The minimum atomic E-state index is -3.54. The zero-order valence-corrected chi connectivity index (χ0v) is 18.9. The van der Waals surface area contributed by atoms with Crippen molar-refractivity contribution in [2.24, 2.45) is 5.92 Å². The number of nitrogens with zero attached hydrogens (tertiary/aromatic N) is 2. The Bertz CT molecular complexity index is 1090. The second-order valence-electron chi connectivity index (χ2n) is 8.31. The zero-order valence-electron chi connectivity index (χ0n) is 18.1. The van der Waals surface area contributed by atoms with Gasteiger partial charge in [0.1, 0.15) is 0 Å². The predicted molar refractivity (Wildman–Crippen MR) is 116 cm³/mol.